The molecule has 3 heteroatoms. The second-order valence-corrected chi connectivity index (χ2v) is 2.35. The minimum atomic E-state index is -1.16. The molecule has 0 saturated carbocycles. The van der Waals surface area contributed by atoms with Crippen LogP contribution in [0.1, 0.15) is 6.92 Å². The highest BCUT2D eigenvalue weighted by Crippen LogP contribution is 2.11. The van der Waals surface area contributed by atoms with Crippen LogP contribution in [0.4, 0.5) is 10.5 Å². The molecule has 0 aliphatic rings. The summed E-state index contributed by atoms with van der Waals surface area (Å²) in [7, 11) is 0. The molecule has 1 aromatic carbocycles. The minimum absolute atomic E-state index is 0.409. The lowest BCUT2D eigenvalue weighted by Gasteiger charge is -2.22. The maximum absolute atomic E-state index is 10.5. The molecule has 1 aromatic rings. The van der Waals surface area contributed by atoms with Crippen LogP contribution in [0.25, 0.3) is 0 Å². The minimum Gasteiger partial charge on any atom is -0.530 e. The smallest absolute Gasteiger partial charge is 0.141 e. The van der Waals surface area contributed by atoms with Gasteiger partial charge >= 0.3 is 0 Å². The van der Waals surface area contributed by atoms with Gasteiger partial charge in [0.1, 0.15) is 6.09 Å². The Morgan fingerprint density at radius 2 is 2.00 bits per heavy atom. The number of nitrogens with zero attached hydrogens (tertiary/aromatic N) is 1. The number of anilines is 1. The zero-order valence-electron chi connectivity index (χ0n) is 6.86. The molecule has 0 N–H and O–H groups in total. The highest BCUT2D eigenvalue weighted by atomic mass is 16.4. The number of hydrogen-bond acceptors (Lipinski definition) is 2. The number of carbonyl (C=O) groups excluding carboxylic acids is 1. The third kappa shape index (κ3) is 1.75. The Bertz CT molecular complexity index is 258. The van der Waals surface area contributed by atoms with Crippen LogP contribution < -0.4 is 10.0 Å². The van der Waals surface area contributed by atoms with E-state index < -0.39 is 6.09 Å². The first-order chi connectivity index (χ1) is 5.75. The van der Waals surface area contributed by atoms with Crippen molar-refractivity contribution in [2.45, 2.75) is 6.92 Å². The van der Waals surface area contributed by atoms with Crippen LogP contribution in [0.15, 0.2) is 30.3 Å². The summed E-state index contributed by atoms with van der Waals surface area (Å²) in [5.74, 6) is 0. The van der Waals surface area contributed by atoms with E-state index >= 15 is 0 Å². The number of amides is 1. The highest BCUT2D eigenvalue weighted by Gasteiger charge is 2.02. The Labute approximate surface area is 71.2 Å². The monoisotopic (exact) mass is 164 g/mol. The second kappa shape index (κ2) is 3.76. The van der Waals surface area contributed by atoms with E-state index in [1.165, 1.54) is 4.90 Å². The molecule has 0 spiro atoms. The van der Waals surface area contributed by atoms with Gasteiger partial charge in [-0.2, -0.15) is 0 Å². The van der Waals surface area contributed by atoms with E-state index in [9.17, 15) is 9.90 Å². The standard InChI is InChI=1S/C9H11NO2/c1-2-10(9(11)12)8-6-4-3-5-7-8/h3-7H,2H2,1H3,(H,11,12)/p-1. The van der Waals surface area contributed by atoms with Crippen LogP contribution in [-0.2, 0) is 0 Å². The van der Waals surface area contributed by atoms with Gasteiger partial charge in [-0.05, 0) is 19.1 Å². The average Bonchev–Trinajstić information content (AvgIpc) is 2.07. The van der Waals surface area contributed by atoms with Crippen LogP contribution in [-0.4, -0.2) is 12.6 Å². The summed E-state index contributed by atoms with van der Waals surface area (Å²) in [6.45, 7) is 2.18. The quantitative estimate of drug-likeness (QED) is 0.650. The van der Waals surface area contributed by atoms with Crippen molar-refractivity contribution in [2.24, 2.45) is 0 Å². The van der Waals surface area contributed by atoms with Gasteiger partial charge in [-0.25, -0.2) is 0 Å². The van der Waals surface area contributed by atoms with E-state index in [0.717, 1.165) is 0 Å². The number of carboxylic acid groups (broad SMARTS) is 1. The Hall–Kier alpha value is -1.51. The third-order valence-electron chi connectivity index (χ3n) is 1.60. The Morgan fingerprint density at radius 3 is 2.42 bits per heavy atom. The number of carbonyl (C=O) groups is 1. The predicted molar refractivity (Wildman–Crippen MR) is 44.9 cm³/mol. The molecule has 1 rings (SSSR count). The Kier molecular flexibility index (Phi) is 2.69. The molecule has 0 saturated heterocycles. The first-order valence-corrected chi connectivity index (χ1v) is 3.79. The lowest BCUT2D eigenvalue weighted by molar-refractivity contribution is -0.246. The summed E-state index contributed by atoms with van der Waals surface area (Å²) in [6.07, 6.45) is -1.16. The largest absolute Gasteiger partial charge is 0.530 e. The lowest BCUT2D eigenvalue weighted by Crippen LogP contribution is -2.41. The van der Waals surface area contributed by atoms with Crippen molar-refractivity contribution in [2.75, 3.05) is 11.4 Å². The molecular formula is C9H10NO2-. The normalized spacial score (nSPS) is 9.42. The van der Waals surface area contributed by atoms with Crippen molar-refractivity contribution in [1.82, 2.24) is 0 Å². The number of benzene rings is 1. The highest BCUT2D eigenvalue weighted by molar-refractivity contribution is 5.84. The van der Waals surface area contributed by atoms with Gasteiger partial charge in [0.15, 0.2) is 0 Å². The van der Waals surface area contributed by atoms with Gasteiger partial charge in [0.25, 0.3) is 0 Å². The van der Waals surface area contributed by atoms with Crippen molar-refractivity contribution in [3.05, 3.63) is 30.3 Å². The van der Waals surface area contributed by atoms with E-state index in [2.05, 4.69) is 0 Å². The summed E-state index contributed by atoms with van der Waals surface area (Å²) >= 11 is 0. The summed E-state index contributed by atoms with van der Waals surface area (Å²) in [6, 6.07) is 8.90. The zero-order valence-corrected chi connectivity index (χ0v) is 6.86. The first kappa shape index (κ1) is 8.59. The van der Waals surface area contributed by atoms with Gasteiger partial charge in [-0.3, -0.25) is 0 Å². The summed E-state index contributed by atoms with van der Waals surface area (Å²) in [5, 5.41) is 10.5. The Balaban J connectivity index is 2.88. The van der Waals surface area contributed by atoms with Crippen LogP contribution in [0.3, 0.4) is 0 Å². The number of hydrogen-bond donors (Lipinski definition) is 0. The maximum atomic E-state index is 10.5. The molecule has 0 aromatic heterocycles. The topological polar surface area (TPSA) is 43.4 Å². The molecule has 0 aliphatic carbocycles. The van der Waals surface area contributed by atoms with Gasteiger partial charge < -0.3 is 14.8 Å². The molecule has 64 valence electrons. The van der Waals surface area contributed by atoms with Gasteiger partial charge in [0.2, 0.25) is 0 Å². The third-order valence-corrected chi connectivity index (χ3v) is 1.60. The van der Waals surface area contributed by atoms with Crippen molar-refractivity contribution >= 4 is 11.8 Å². The van der Waals surface area contributed by atoms with Gasteiger partial charge in [-0.15, -0.1) is 0 Å². The molecule has 0 radical (unpaired) electrons. The molecular weight excluding hydrogens is 154 g/mol. The number of rotatable bonds is 2. The maximum Gasteiger partial charge on any atom is 0.141 e. The van der Waals surface area contributed by atoms with Crippen molar-refractivity contribution < 1.29 is 9.90 Å². The fraction of sp³-hybridized carbons (Fsp3) is 0.222. The molecule has 0 bridgehead atoms. The fourth-order valence-electron chi connectivity index (χ4n) is 1.03. The molecule has 1 amide bonds. The summed E-state index contributed by atoms with van der Waals surface area (Å²) in [4.78, 5) is 11.7. The van der Waals surface area contributed by atoms with Crippen molar-refractivity contribution in [3.63, 3.8) is 0 Å². The molecule has 0 atom stereocenters. The van der Waals surface area contributed by atoms with Gasteiger partial charge in [0.05, 0.1) is 0 Å². The van der Waals surface area contributed by atoms with Crippen LogP contribution in [0, 0.1) is 0 Å². The SMILES string of the molecule is CCN(C(=O)[O-])c1ccccc1. The lowest BCUT2D eigenvalue weighted by atomic mass is 10.3. The van der Waals surface area contributed by atoms with Crippen LogP contribution >= 0.6 is 0 Å². The fourth-order valence-corrected chi connectivity index (χ4v) is 1.03. The van der Waals surface area contributed by atoms with Crippen molar-refractivity contribution in [1.29, 1.82) is 0 Å². The molecule has 0 heterocycles. The Morgan fingerprint density at radius 1 is 1.42 bits per heavy atom. The van der Waals surface area contributed by atoms with E-state index in [1.807, 2.05) is 6.07 Å². The van der Waals surface area contributed by atoms with Crippen LogP contribution in [0.5, 0.6) is 0 Å². The van der Waals surface area contributed by atoms with E-state index in [-0.39, 0.29) is 0 Å². The van der Waals surface area contributed by atoms with Gasteiger partial charge in [0, 0.05) is 12.2 Å². The molecule has 0 unspecified atom stereocenters. The first-order valence-electron chi connectivity index (χ1n) is 3.79. The molecule has 3 nitrogen and oxygen atoms in total. The average molecular weight is 164 g/mol. The van der Waals surface area contributed by atoms with Crippen LogP contribution in [0.2, 0.25) is 0 Å². The molecule has 12 heavy (non-hydrogen) atoms. The van der Waals surface area contributed by atoms with Gasteiger partial charge in [-0.1, -0.05) is 18.2 Å². The summed E-state index contributed by atoms with van der Waals surface area (Å²) < 4.78 is 0. The van der Waals surface area contributed by atoms with Crippen molar-refractivity contribution in [3.8, 4) is 0 Å². The predicted octanol–water partition coefficient (Wildman–Crippen LogP) is 0.856. The summed E-state index contributed by atoms with van der Waals surface area (Å²) in [5.41, 5.74) is 0.653. The molecule has 0 fully saturated rings. The van der Waals surface area contributed by atoms with E-state index in [0.29, 0.717) is 12.2 Å². The molecule has 0 aliphatic heterocycles. The zero-order chi connectivity index (χ0) is 8.97. The van der Waals surface area contributed by atoms with E-state index in [1.54, 1.807) is 31.2 Å². The van der Waals surface area contributed by atoms with E-state index in [4.69, 9.17) is 0 Å². The second-order valence-electron chi connectivity index (χ2n) is 2.35. The number of para-hydroxylation sites is 1.